The predicted octanol–water partition coefficient (Wildman–Crippen LogP) is 3.31. The number of phenolic OH excluding ortho intramolecular Hbond substituents is 1. The van der Waals surface area contributed by atoms with Gasteiger partial charge in [-0.15, -0.1) is 0 Å². The smallest absolute Gasteiger partial charge is 0.255 e. The number of allylic oxidation sites excluding steroid dienone is 1. The van der Waals surface area contributed by atoms with Crippen LogP contribution >= 0.6 is 0 Å². The van der Waals surface area contributed by atoms with E-state index in [0.29, 0.717) is 35.3 Å². The number of hydrogen-bond acceptors (Lipinski definition) is 6. The fraction of sp³-hybridized carbons (Fsp3) is 0.190. The van der Waals surface area contributed by atoms with Crippen molar-refractivity contribution in [2.75, 3.05) is 17.2 Å². The summed E-state index contributed by atoms with van der Waals surface area (Å²) in [4.78, 5) is 17.6. The minimum absolute atomic E-state index is 0.152. The van der Waals surface area contributed by atoms with Crippen LogP contribution in [-0.4, -0.2) is 32.4 Å². The molecule has 29 heavy (non-hydrogen) atoms. The zero-order chi connectivity index (χ0) is 20.4. The number of aromatic nitrogens is 3. The number of anilines is 2. The molecule has 1 aliphatic rings. The molecule has 0 aliphatic carbocycles. The molecule has 0 radical (unpaired) electrons. The lowest BCUT2D eigenvalue weighted by Gasteiger charge is -2.29. The third-order valence-electron chi connectivity index (χ3n) is 4.68. The Morgan fingerprint density at radius 3 is 2.76 bits per heavy atom. The predicted molar refractivity (Wildman–Crippen MR) is 109 cm³/mol. The van der Waals surface area contributed by atoms with Gasteiger partial charge in [0, 0.05) is 5.70 Å². The van der Waals surface area contributed by atoms with E-state index in [4.69, 9.17) is 4.74 Å². The van der Waals surface area contributed by atoms with Crippen molar-refractivity contribution >= 4 is 17.5 Å². The van der Waals surface area contributed by atoms with Crippen LogP contribution in [0.5, 0.6) is 11.5 Å². The van der Waals surface area contributed by atoms with Gasteiger partial charge < -0.3 is 20.5 Å². The normalized spacial score (nSPS) is 15.4. The van der Waals surface area contributed by atoms with Gasteiger partial charge in [-0.3, -0.25) is 4.79 Å². The van der Waals surface area contributed by atoms with Crippen molar-refractivity contribution in [3.05, 3.63) is 71.7 Å². The minimum Gasteiger partial charge on any atom is -0.508 e. The molecule has 1 amide bonds. The second kappa shape index (κ2) is 7.67. The Balaban J connectivity index is 1.74. The highest BCUT2D eigenvalue weighted by atomic mass is 16.5. The number of fused-ring (bicyclic) bond motifs is 1. The number of phenols is 1. The first-order chi connectivity index (χ1) is 14.1. The zero-order valence-corrected chi connectivity index (χ0v) is 16.1. The van der Waals surface area contributed by atoms with Crippen molar-refractivity contribution in [1.82, 2.24) is 14.8 Å². The Morgan fingerprint density at radius 1 is 1.24 bits per heavy atom. The molecule has 3 aromatic rings. The van der Waals surface area contributed by atoms with E-state index in [1.165, 1.54) is 6.33 Å². The van der Waals surface area contributed by atoms with Crippen LogP contribution in [0.1, 0.15) is 25.5 Å². The number of aromatic hydroxyl groups is 1. The third-order valence-corrected chi connectivity index (χ3v) is 4.68. The van der Waals surface area contributed by atoms with E-state index in [1.807, 2.05) is 32.0 Å². The van der Waals surface area contributed by atoms with Crippen LogP contribution in [0.4, 0.5) is 11.6 Å². The second-order valence-corrected chi connectivity index (χ2v) is 6.57. The van der Waals surface area contributed by atoms with Gasteiger partial charge in [-0.25, -0.2) is 4.68 Å². The van der Waals surface area contributed by atoms with Gasteiger partial charge in [0.2, 0.25) is 5.95 Å². The van der Waals surface area contributed by atoms with Crippen molar-refractivity contribution in [3.63, 3.8) is 0 Å². The molecule has 0 saturated heterocycles. The minimum atomic E-state index is -0.492. The van der Waals surface area contributed by atoms with E-state index in [1.54, 1.807) is 35.0 Å². The van der Waals surface area contributed by atoms with Crippen molar-refractivity contribution in [2.24, 2.45) is 0 Å². The Hall–Kier alpha value is -3.81. The molecular weight excluding hydrogens is 370 g/mol. The number of hydrogen-bond donors (Lipinski definition) is 3. The molecular formula is C21H21N5O3. The number of carbonyl (C=O) groups is 1. The van der Waals surface area contributed by atoms with Gasteiger partial charge in [0.05, 0.1) is 17.9 Å². The molecule has 8 nitrogen and oxygen atoms in total. The molecule has 148 valence electrons. The molecule has 0 fully saturated rings. The van der Waals surface area contributed by atoms with E-state index in [2.05, 4.69) is 20.7 Å². The maximum absolute atomic E-state index is 13.3. The van der Waals surface area contributed by atoms with Gasteiger partial charge in [-0.2, -0.15) is 10.1 Å². The SMILES string of the molecule is CCOc1ccccc1NC(=O)C1=C(C)Nc2ncnn2C1c1ccc(O)cc1. The van der Waals surface area contributed by atoms with Crippen molar-refractivity contribution < 1.29 is 14.6 Å². The molecule has 0 bridgehead atoms. The first-order valence-electron chi connectivity index (χ1n) is 9.28. The van der Waals surface area contributed by atoms with Crippen molar-refractivity contribution in [2.45, 2.75) is 19.9 Å². The number of benzene rings is 2. The first-order valence-corrected chi connectivity index (χ1v) is 9.28. The highest BCUT2D eigenvalue weighted by Gasteiger charge is 2.33. The molecule has 4 rings (SSSR count). The lowest BCUT2D eigenvalue weighted by Crippen LogP contribution is -2.31. The fourth-order valence-electron chi connectivity index (χ4n) is 3.39. The maximum Gasteiger partial charge on any atom is 0.255 e. The molecule has 1 atom stereocenters. The summed E-state index contributed by atoms with van der Waals surface area (Å²) in [7, 11) is 0. The largest absolute Gasteiger partial charge is 0.508 e. The molecule has 1 aliphatic heterocycles. The number of carbonyl (C=O) groups excluding carboxylic acids is 1. The topological polar surface area (TPSA) is 101 Å². The van der Waals surface area contributed by atoms with Gasteiger partial charge in [0.15, 0.2) is 0 Å². The molecule has 2 aromatic carbocycles. The number of nitrogens with zero attached hydrogens (tertiary/aromatic N) is 3. The summed E-state index contributed by atoms with van der Waals surface area (Å²) in [5, 5.41) is 20.1. The lowest BCUT2D eigenvalue weighted by atomic mass is 9.95. The molecule has 1 unspecified atom stereocenters. The highest BCUT2D eigenvalue weighted by Crippen LogP contribution is 2.36. The van der Waals surface area contributed by atoms with Gasteiger partial charge in [-0.1, -0.05) is 24.3 Å². The van der Waals surface area contributed by atoms with Gasteiger partial charge >= 0.3 is 0 Å². The summed E-state index contributed by atoms with van der Waals surface area (Å²) in [5.41, 5.74) is 2.57. The number of para-hydroxylation sites is 2. The van der Waals surface area contributed by atoms with E-state index >= 15 is 0 Å². The maximum atomic E-state index is 13.3. The summed E-state index contributed by atoms with van der Waals surface area (Å²) in [6.07, 6.45) is 1.44. The van der Waals surface area contributed by atoms with E-state index in [9.17, 15) is 9.90 Å². The molecule has 1 aromatic heterocycles. The summed E-state index contributed by atoms with van der Waals surface area (Å²) >= 11 is 0. The van der Waals surface area contributed by atoms with Crippen LogP contribution in [0.15, 0.2) is 66.1 Å². The van der Waals surface area contributed by atoms with E-state index < -0.39 is 6.04 Å². The average Bonchev–Trinajstić information content (AvgIpc) is 3.17. The Bertz CT molecular complexity index is 1070. The van der Waals surface area contributed by atoms with Crippen LogP contribution in [-0.2, 0) is 4.79 Å². The van der Waals surface area contributed by atoms with E-state index in [0.717, 1.165) is 5.56 Å². The summed E-state index contributed by atoms with van der Waals surface area (Å²) in [6, 6.07) is 13.5. The standard InChI is InChI=1S/C21H21N5O3/c1-3-29-17-7-5-4-6-16(17)25-20(28)18-13(2)24-21-22-12-23-26(21)19(18)14-8-10-15(27)11-9-14/h4-12,19,27H,3H2,1-2H3,(H,25,28)(H,22,23,24). The van der Waals surface area contributed by atoms with Gasteiger partial charge in [0.25, 0.3) is 5.91 Å². The zero-order valence-electron chi connectivity index (χ0n) is 16.1. The highest BCUT2D eigenvalue weighted by molar-refractivity contribution is 6.06. The molecule has 0 saturated carbocycles. The van der Waals surface area contributed by atoms with Crippen LogP contribution in [0.3, 0.4) is 0 Å². The number of rotatable bonds is 5. The number of nitrogens with one attached hydrogen (secondary N) is 2. The van der Waals surface area contributed by atoms with Gasteiger partial charge in [-0.05, 0) is 43.7 Å². The monoisotopic (exact) mass is 391 g/mol. The van der Waals surface area contributed by atoms with Crippen LogP contribution in [0.25, 0.3) is 0 Å². The quantitative estimate of drug-likeness (QED) is 0.617. The van der Waals surface area contributed by atoms with Gasteiger partial charge in [0.1, 0.15) is 23.9 Å². The Morgan fingerprint density at radius 2 is 2.00 bits per heavy atom. The molecule has 2 heterocycles. The van der Waals surface area contributed by atoms with Crippen molar-refractivity contribution in [1.29, 1.82) is 0 Å². The Labute approximate surface area is 167 Å². The molecule has 0 spiro atoms. The third kappa shape index (κ3) is 3.52. The van der Waals surface area contributed by atoms with Crippen molar-refractivity contribution in [3.8, 4) is 11.5 Å². The summed E-state index contributed by atoms with van der Waals surface area (Å²) in [5.74, 6) is 1.03. The van der Waals surface area contributed by atoms with E-state index in [-0.39, 0.29) is 11.7 Å². The van der Waals surface area contributed by atoms with Crippen LogP contribution in [0.2, 0.25) is 0 Å². The first kappa shape index (κ1) is 18.5. The van der Waals surface area contributed by atoms with Crippen LogP contribution < -0.4 is 15.4 Å². The fourth-order valence-corrected chi connectivity index (χ4v) is 3.39. The summed E-state index contributed by atoms with van der Waals surface area (Å²) in [6.45, 7) is 4.22. The average molecular weight is 391 g/mol. The second-order valence-electron chi connectivity index (χ2n) is 6.57. The molecule has 3 N–H and O–H groups in total. The molecule has 8 heteroatoms. The Kier molecular flexibility index (Phi) is 4.90. The number of amides is 1. The lowest BCUT2D eigenvalue weighted by molar-refractivity contribution is -0.113. The summed E-state index contributed by atoms with van der Waals surface area (Å²) < 4.78 is 7.27. The van der Waals surface area contributed by atoms with Crippen LogP contribution in [0, 0.1) is 0 Å². The number of ether oxygens (including phenoxy) is 1.